The lowest BCUT2D eigenvalue weighted by Crippen LogP contribution is -2.19. The molecule has 1 aromatic heterocycles. The highest BCUT2D eigenvalue weighted by Gasteiger charge is 2.13. The van der Waals surface area contributed by atoms with Gasteiger partial charge in [0.15, 0.2) is 0 Å². The van der Waals surface area contributed by atoms with Crippen molar-refractivity contribution < 1.29 is 19.1 Å². The summed E-state index contributed by atoms with van der Waals surface area (Å²) in [6, 6.07) is 4.82. The lowest BCUT2D eigenvalue weighted by molar-refractivity contribution is -0.138. The van der Waals surface area contributed by atoms with Crippen LogP contribution in [0.5, 0.6) is 0 Å². The van der Waals surface area contributed by atoms with Crippen LogP contribution in [0, 0.1) is 0 Å². The van der Waals surface area contributed by atoms with Crippen LogP contribution in [0.1, 0.15) is 6.92 Å². The average Bonchev–Trinajstić information content (AvgIpc) is 2.60. The predicted molar refractivity (Wildman–Crippen MR) is 87.4 cm³/mol. The Morgan fingerprint density at radius 3 is 2.67 bits per heavy atom. The summed E-state index contributed by atoms with van der Waals surface area (Å²) < 4.78 is 10.6. The van der Waals surface area contributed by atoms with E-state index in [-0.39, 0.29) is 11.3 Å². The zero-order chi connectivity index (χ0) is 17.7. The fourth-order valence-electron chi connectivity index (χ4n) is 2.05. The lowest BCUT2D eigenvalue weighted by Gasteiger charge is -2.10. The van der Waals surface area contributed by atoms with E-state index < -0.39 is 11.9 Å². The molecule has 126 valence electrons. The Labute approximate surface area is 137 Å². The number of methoxy groups -OCH3 is 2. The Balaban J connectivity index is 2.41. The summed E-state index contributed by atoms with van der Waals surface area (Å²) in [5.74, 6) is -1.43. The van der Waals surface area contributed by atoms with E-state index >= 15 is 0 Å². The van der Waals surface area contributed by atoms with Crippen LogP contribution in [0.25, 0.3) is 10.9 Å². The summed E-state index contributed by atoms with van der Waals surface area (Å²) in [5, 5.41) is 3.23. The van der Waals surface area contributed by atoms with E-state index in [1.165, 1.54) is 25.1 Å². The highest BCUT2D eigenvalue weighted by Crippen LogP contribution is 2.16. The molecule has 8 heteroatoms. The van der Waals surface area contributed by atoms with Gasteiger partial charge < -0.3 is 14.8 Å². The Kier molecular flexibility index (Phi) is 5.31. The first-order valence-electron chi connectivity index (χ1n) is 7.14. The Bertz CT molecular complexity index is 870. The standard InChI is InChI=1S/C16H17N3O5/c1-4-19-9-17-12-7-10(5-6-11(12)15(19)21)18-13(16(22)24-3)8-14(20)23-2/h5-9,18H,4H2,1-3H3/b13-8+. The molecule has 0 spiro atoms. The van der Waals surface area contributed by atoms with E-state index in [1.807, 2.05) is 6.92 Å². The first kappa shape index (κ1) is 17.2. The van der Waals surface area contributed by atoms with Crippen LogP contribution in [0.15, 0.2) is 41.1 Å². The zero-order valence-electron chi connectivity index (χ0n) is 13.5. The maximum absolute atomic E-state index is 12.2. The van der Waals surface area contributed by atoms with Crippen LogP contribution in [0.3, 0.4) is 0 Å². The molecule has 2 rings (SSSR count). The van der Waals surface area contributed by atoms with Crippen molar-refractivity contribution in [1.29, 1.82) is 0 Å². The van der Waals surface area contributed by atoms with E-state index in [1.54, 1.807) is 18.2 Å². The van der Waals surface area contributed by atoms with Crippen molar-refractivity contribution in [3.63, 3.8) is 0 Å². The number of esters is 2. The van der Waals surface area contributed by atoms with E-state index in [0.29, 0.717) is 23.1 Å². The van der Waals surface area contributed by atoms with Gasteiger partial charge in [-0.15, -0.1) is 0 Å². The van der Waals surface area contributed by atoms with Crippen LogP contribution in [-0.2, 0) is 25.6 Å². The third-order valence-electron chi connectivity index (χ3n) is 3.31. The molecule has 0 radical (unpaired) electrons. The number of ether oxygens (including phenoxy) is 2. The third kappa shape index (κ3) is 3.60. The summed E-state index contributed by atoms with van der Waals surface area (Å²) in [6.45, 7) is 2.38. The predicted octanol–water partition coefficient (Wildman–Crippen LogP) is 1.06. The van der Waals surface area contributed by atoms with E-state index in [0.717, 1.165) is 6.08 Å². The van der Waals surface area contributed by atoms with Crippen molar-refractivity contribution in [3.8, 4) is 0 Å². The number of carbonyl (C=O) groups is 2. The zero-order valence-corrected chi connectivity index (χ0v) is 13.5. The molecule has 1 heterocycles. The summed E-state index contributed by atoms with van der Waals surface area (Å²) in [5.41, 5.74) is 0.708. The molecule has 0 amide bonds. The molecule has 0 saturated carbocycles. The van der Waals surface area contributed by atoms with Gasteiger partial charge in [0.25, 0.3) is 5.56 Å². The number of benzene rings is 1. The largest absolute Gasteiger partial charge is 0.466 e. The number of nitrogens with zero attached hydrogens (tertiary/aromatic N) is 2. The van der Waals surface area contributed by atoms with Crippen LogP contribution in [-0.4, -0.2) is 35.7 Å². The van der Waals surface area contributed by atoms with Gasteiger partial charge in [0.05, 0.1) is 37.5 Å². The molecular weight excluding hydrogens is 314 g/mol. The number of carbonyl (C=O) groups excluding carboxylic acids is 2. The van der Waals surface area contributed by atoms with Crippen LogP contribution < -0.4 is 10.9 Å². The number of rotatable bonds is 5. The summed E-state index contributed by atoms with van der Waals surface area (Å²) in [4.78, 5) is 39.5. The van der Waals surface area contributed by atoms with Crippen LogP contribution >= 0.6 is 0 Å². The van der Waals surface area contributed by atoms with Gasteiger partial charge in [0, 0.05) is 12.2 Å². The molecule has 0 bridgehead atoms. The van der Waals surface area contributed by atoms with Crippen molar-refractivity contribution in [2.24, 2.45) is 0 Å². The van der Waals surface area contributed by atoms with Gasteiger partial charge in [0.1, 0.15) is 5.70 Å². The fourth-order valence-corrected chi connectivity index (χ4v) is 2.05. The Morgan fingerprint density at radius 2 is 2.04 bits per heavy atom. The topological polar surface area (TPSA) is 99.5 Å². The molecule has 0 unspecified atom stereocenters. The van der Waals surface area contributed by atoms with Gasteiger partial charge in [-0.1, -0.05) is 0 Å². The second kappa shape index (κ2) is 7.40. The van der Waals surface area contributed by atoms with Crippen LogP contribution in [0.4, 0.5) is 5.69 Å². The fraction of sp³-hybridized carbons (Fsp3) is 0.250. The van der Waals surface area contributed by atoms with Crippen molar-refractivity contribution in [2.75, 3.05) is 19.5 Å². The number of aryl methyl sites for hydroxylation is 1. The minimum atomic E-state index is -0.727. The van der Waals surface area contributed by atoms with Gasteiger partial charge >= 0.3 is 11.9 Å². The number of fused-ring (bicyclic) bond motifs is 1. The summed E-state index contributed by atoms with van der Waals surface area (Å²) >= 11 is 0. The molecule has 0 atom stereocenters. The average molecular weight is 331 g/mol. The number of hydrogen-bond donors (Lipinski definition) is 1. The summed E-state index contributed by atoms with van der Waals surface area (Å²) in [6.07, 6.45) is 2.44. The maximum Gasteiger partial charge on any atom is 0.354 e. The molecule has 0 saturated heterocycles. The minimum Gasteiger partial charge on any atom is -0.466 e. The molecular formula is C16H17N3O5. The Morgan fingerprint density at radius 1 is 1.29 bits per heavy atom. The first-order valence-corrected chi connectivity index (χ1v) is 7.14. The highest BCUT2D eigenvalue weighted by atomic mass is 16.5. The van der Waals surface area contributed by atoms with Gasteiger partial charge in [0.2, 0.25) is 0 Å². The first-order chi connectivity index (χ1) is 11.5. The van der Waals surface area contributed by atoms with E-state index in [2.05, 4.69) is 19.8 Å². The highest BCUT2D eigenvalue weighted by molar-refractivity contribution is 5.99. The third-order valence-corrected chi connectivity index (χ3v) is 3.31. The lowest BCUT2D eigenvalue weighted by atomic mass is 10.2. The van der Waals surface area contributed by atoms with Crippen molar-refractivity contribution in [1.82, 2.24) is 9.55 Å². The molecule has 1 aromatic carbocycles. The second-order valence-electron chi connectivity index (χ2n) is 4.77. The van der Waals surface area contributed by atoms with Crippen LogP contribution in [0.2, 0.25) is 0 Å². The molecule has 0 aliphatic heterocycles. The van der Waals surface area contributed by atoms with Crippen molar-refractivity contribution in [2.45, 2.75) is 13.5 Å². The molecule has 24 heavy (non-hydrogen) atoms. The van der Waals surface area contributed by atoms with Gasteiger partial charge in [-0.25, -0.2) is 14.6 Å². The number of anilines is 1. The second-order valence-corrected chi connectivity index (χ2v) is 4.77. The SMILES string of the molecule is CCn1cnc2cc(N/C(=C/C(=O)OC)C(=O)OC)ccc2c1=O. The minimum absolute atomic E-state index is 0.0920. The maximum atomic E-state index is 12.2. The number of aromatic nitrogens is 2. The smallest absolute Gasteiger partial charge is 0.354 e. The summed E-state index contributed by atoms with van der Waals surface area (Å²) in [7, 11) is 2.40. The molecule has 0 aliphatic carbocycles. The van der Waals surface area contributed by atoms with Gasteiger partial charge in [-0.3, -0.25) is 9.36 Å². The number of hydrogen-bond acceptors (Lipinski definition) is 7. The van der Waals surface area contributed by atoms with Gasteiger partial charge in [-0.05, 0) is 25.1 Å². The Hall–Kier alpha value is -3.16. The van der Waals surface area contributed by atoms with E-state index in [4.69, 9.17) is 0 Å². The van der Waals surface area contributed by atoms with Crippen molar-refractivity contribution in [3.05, 3.63) is 46.7 Å². The molecule has 2 aromatic rings. The van der Waals surface area contributed by atoms with E-state index in [9.17, 15) is 14.4 Å². The van der Waals surface area contributed by atoms with Crippen molar-refractivity contribution >= 4 is 28.5 Å². The monoisotopic (exact) mass is 331 g/mol. The normalized spacial score (nSPS) is 11.2. The van der Waals surface area contributed by atoms with Gasteiger partial charge in [-0.2, -0.15) is 0 Å². The molecule has 8 nitrogen and oxygen atoms in total. The quantitative estimate of drug-likeness (QED) is 0.646. The molecule has 0 fully saturated rings. The molecule has 0 aliphatic rings. The number of nitrogens with one attached hydrogen (secondary N) is 1. The molecule has 1 N–H and O–H groups in total.